The number of anilines is 2. The second-order valence-corrected chi connectivity index (χ2v) is 7.36. The van der Waals surface area contributed by atoms with Crippen molar-refractivity contribution in [3.8, 4) is 0 Å². The number of rotatable bonds is 4. The van der Waals surface area contributed by atoms with Gasteiger partial charge in [0.25, 0.3) is 0 Å². The molecule has 7 heteroatoms. The van der Waals surface area contributed by atoms with E-state index >= 15 is 0 Å². The molecule has 1 aromatic rings. The zero-order chi connectivity index (χ0) is 14.9. The number of carbonyl (C=O) groups is 1. The fourth-order valence-corrected chi connectivity index (χ4v) is 3.26. The number of amides is 1. The summed E-state index contributed by atoms with van der Waals surface area (Å²) in [5.41, 5.74) is 1.53. The van der Waals surface area contributed by atoms with Crippen LogP contribution >= 0.6 is 0 Å². The van der Waals surface area contributed by atoms with Gasteiger partial charge in [-0.3, -0.25) is 4.79 Å². The summed E-state index contributed by atoms with van der Waals surface area (Å²) in [5.74, 6) is -0.630. The van der Waals surface area contributed by atoms with Crippen molar-refractivity contribution in [3.63, 3.8) is 0 Å². The number of sulfone groups is 1. The summed E-state index contributed by atoms with van der Waals surface area (Å²) in [7, 11) is -3.14. The molecule has 0 radical (unpaired) electrons. The molecule has 0 fully saturated rings. The Morgan fingerprint density at radius 3 is 2.75 bits per heavy atom. The normalized spacial score (nSPS) is 16.2. The maximum Gasteiger partial charge on any atom is 0.224 e. The van der Waals surface area contributed by atoms with Crippen molar-refractivity contribution in [1.29, 1.82) is 0 Å². The van der Waals surface area contributed by atoms with Crippen molar-refractivity contribution >= 4 is 27.1 Å². The molecule has 5 nitrogen and oxygen atoms in total. The second kappa shape index (κ2) is 5.40. The Hall–Kier alpha value is -1.63. The molecule has 20 heavy (non-hydrogen) atoms. The lowest BCUT2D eigenvalue weighted by Crippen LogP contribution is -2.26. The van der Waals surface area contributed by atoms with Gasteiger partial charge in [0.05, 0.1) is 11.4 Å². The van der Waals surface area contributed by atoms with Crippen molar-refractivity contribution in [3.05, 3.63) is 23.5 Å². The second-order valence-electron chi connectivity index (χ2n) is 5.18. The Labute approximate surface area is 117 Å². The third kappa shape index (κ3) is 3.69. The van der Waals surface area contributed by atoms with Crippen LogP contribution < -0.4 is 10.6 Å². The summed E-state index contributed by atoms with van der Waals surface area (Å²) >= 11 is 0. The van der Waals surface area contributed by atoms with Crippen LogP contribution in [-0.4, -0.2) is 32.4 Å². The number of nitrogens with one attached hydrogen (secondary N) is 2. The minimum absolute atomic E-state index is 0.0874. The number of benzene rings is 1. The molecule has 0 aromatic heterocycles. The Bertz CT molecular complexity index is 643. The molecule has 1 heterocycles. The molecule has 2 rings (SSSR count). The lowest BCUT2D eigenvalue weighted by Gasteiger charge is -2.20. The molecule has 1 aliphatic heterocycles. The van der Waals surface area contributed by atoms with E-state index in [0.717, 1.165) is 11.8 Å². The molecule has 0 bridgehead atoms. The number of hydrogen-bond acceptors (Lipinski definition) is 4. The third-order valence-corrected chi connectivity index (χ3v) is 4.15. The molecule has 1 amide bonds. The third-order valence-electron chi connectivity index (χ3n) is 3.04. The summed E-state index contributed by atoms with van der Waals surface area (Å²) < 4.78 is 36.3. The topological polar surface area (TPSA) is 75.3 Å². The van der Waals surface area contributed by atoms with Gasteiger partial charge in [0.1, 0.15) is 15.7 Å². The van der Waals surface area contributed by atoms with E-state index in [1.807, 2.05) is 0 Å². The van der Waals surface area contributed by atoms with Crippen LogP contribution in [0, 0.1) is 5.82 Å². The SMILES string of the molecule is CC(CS(C)(=O)=O)Nc1cc2c(cc1F)CCC(=O)N2. The zero-order valence-corrected chi connectivity index (χ0v) is 12.2. The monoisotopic (exact) mass is 300 g/mol. The predicted molar refractivity (Wildman–Crippen MR) is 76.1 cm³/mol. The van der Waals surface area contributed by atoms with Gasteiger partial charge in [-0.15, -0.1) is 0 Å². The smallest absolute Gasteiger partial charge is 0.224 e. The Kier molecular flexibility index (Phi) is 3.99. The van der Waals surface area contributed by atoms with Crippen LogP contribution in [-0.2, 0) is 21.1 Å². The Balaban J connectivity index is 2.20. The molecule has 2 N–H and O–H groups in total. The van der Waals surface area contributed by atoms with Crippen LogP contribution in [0.15, 0.2) is 12.1 Å². The van der Waals surface area contributed by atoms with E-state index in [9.17, 15) is 17.6 Å². The first-order valence-corrected chi connectivity index (χ1v) is 8.37. The van der Waals surface area contributed by atoms with E-state index in [2.05, 4.69) is 10.6 Å². The van der Waals surface area contributed by atoms with Gasteiger partial charge in [0, 0.05) is 24.4 Å². The van der Waals surface area contributed by atoms with E-state index in [1.54, 1.807) is 6.92 Å². The van der Waals surface area contributed by atoms with Gasteiger partial charge in [-0.05, 0) is 31.0 Å². The standard InChI is InChI=1S/C13H17FN2O3S/c1-8(7-20(2,18)19)15-12-6-11-9(5-10(12)14)3-4-13(17)16-11/h5-6,8,15H,3-4,7H2,1-2H3,(H,16,17). The highest BCUT2D eigenvalue weighted by atomic mass is 32.2. The van der Waals surface area contributed by atoms with Crippen LogP contribution in [0.25, 0.3) is 0 Å². The summed E-state index contributed by atoms with van der Waals surface area (Å²) in [5, 5.41) is 5.51. The molecule has 1 unspecified atom stereocenters. The van der Waals surface area contributed by atoms with Gasteiger partial charge in [0.2, 0.25) is 5.91 Å². The van der Waals surface area contributed by atoms with Crippen LogP contribution in [0.3, 0.4) is 0 Å². The van der Waals surface area contributed by atoms with E-state index in [4.69, 9.17) is 0 Å². The van der Waals surface area contributed by atoms with Crippen molar-refractivity contribution in [2.75, 3.05) is 22.6 Å². The van der Waals surface area contributed by atoms with Crippen molar-refractivity contribution in [2.45, 2.75) is 25.8 Å². The van der Waals surface area contributed by atoms with Crippen molar-refractivity contribution < 1.29 is 17.6 Å². The maximum atomic E-state index is 13.9. The highest BCUT2D eigenvalue weighted by Crippen LogP contribution is 2.29. The number of aryl methyl sites for hydroxylation is 1. The van der Waals surface area contributed by atoms with Crippen molar-refractivity contribution in [2.24, 2.45) is 0 Å². The molecule has 110 valence electrons. The molecule has 0 aliphatic carbocycles. The van der Waals surface area contributed by atoms with E-state index in [-0.39, 0.29) is 17.3 Å². The molecule has 1 aromatic carbocycles. The average molecular weight is 300 g/mol. The van der Waals surface area contributed by atoms with Gasteiger partial charge in [-0.1, -0.05) is 0 Å². The minimum atomic E-state index is -3.14. The average Bonchev–Trinajstić information content (AvgIpc) is 2.28. The Morgan fingerprint density at radius 1 is 1.40 bits per heavy atom. The first-order chi connectivity index (χ1) is 9.24. The van der Waals surface area contributed by atoms with Gasteiger partial charge >= 0.3 is 0 Å². The summed E-state index contributed by atoms with van der Waals surface area (Å²) in [6.45, 7) is 1.67. The molecular weight excluding hydrogens is 283 g/mol. The number of halogens is 1. The minimum Gasteiger partial charge on any atom is -0.379 e. The van der Waals surface area contributed by atoms with Gasteiger partial charge < -0.3 is 10.6 Å². The van der Waals surface area contributed by atoms with Gasteiger partial charge in [0.15, 0.2) is 0 Å². The predicted octanol–water partition coefficient (Wildman–Crippen LogP) is 1.56. The van der Waals surface area contributed by atoms with E-state index < -0.39 is 21.7 Å². The number of hydrogen-bond donors (Lipinski definition) is 2. The molecule has 1 aliphatic rings. The van der Waals surface area contributed by atoms with E-state index in [1.165, 1.54) is 12.1 Å². The highest BCUT2D eigenvalue weighted by Gasteiger charge is 2.19. The molecule has 0 saturated heterocycles. The summed E-state index contributed by atoms with van der Waals surface area (Å²) in [6.07, 6.45) is 2.00. The quantitative estimate of drug-likeness (QED) is 0.885. The number of carbonyl (C=O) groups excluding carboxylic acids is 1. The van der Waals surface area contributed by atoms with Gasteiger partial charge in [-0.25, -0.2) is 12.8 Å². The first kappa shape index (κ1) is 14.8. The highest BCUT2D eigenvalue weighted by molar-refractivity contribution is 7.90. The fourth-order valence-electron chi connectivity index (χ4n) is 2.27. The first-order valence-electron chi connectivity index (χ1n) is 6.31. The van der Waals surface area contributed by atoms with Crippen LogP contribution in [0.5, 0.6) is 0 Å². The molecule has 0 saturated carbocycles. The lowest BCUT2D eigenvalue weighted by atomic mass is 10.0. The maximum absolute atomic E-state index is 13.9. The summed E-state index contributed by atoms with van der Waals surface area (Å²) in [4.78, 5) is 11.3. The molecular formula is C13H17FN2O3S. The van der Waals surface area contributed by atoms with Crippen LogP contribution in [0.2, 0.25) is 0 Å². The fraction of sp³-hybridized carbons (Fsp3) is 0.462. The lowest BCUT2D eigenvalue weighted by molar-refractivity contribution is -0.116. The van der Waals surface area contributed by atoms with Crippen LogP contribution in [0.4, 0.5) is 15.8 Å². The zero-order valence-electron chi connectivity index (χ0n) is 11.4. The molecule has 1 atom stereocenters. The number of fused-ring (bicyclic) bond motifs is 1. The van der Waals surface area contributed by atoms with Gasteiger partial charge in [-0.2, -0.15) is 0 Å². The van der Waals surface area contributed by atoms with E-state index in [0.29, 0.717) is 18.5 Å². The van der Waals surface area contributed by atoms with Crippen LogP contribution in [0.1, 0.15) is 18.9 Å². The Morgan fingerprint density at radius 2 is 2.10 bits per heavy atom. The summed E-state index contributed by atoms with van der Waals surface area (Å²) in [6, 6.07) is 2.47. The largest absolute Gasteiger partial charge is 0.379 e. The molecule has 0 spiro atoms. The van der Waals surface area contributed by atoms with Crippen molar-refractivity contribution in [1.82, 2.24) is 0 Å².